The van der Waals surface area contributed by atoms with Crippen molar-refractivity contribution < 1.29 is 5.21 Å². The number of thioether (sulfide) groups is 2. The first-order valence-electron chi connectivity index (χ1n) is 5.30. The van der Waals surface area contributed by atoms with Gasteiger partial charge < -0.3 is 10.9 Å². The van der Waals surface area contributed by atoms with Gasteiger partial charge in [-0.15, -0.1) is 10.2 Å². The SMILES string of the molecule is CSc1nnc(SCc2ccccc2/C(N)=N/O)s1. The van der Waals surface area contributed by atoms with Gasteiger partial charge in [0.2, 0.25) is 0 Å². The van der Waals surface area contributed by atoms with Crippen LogP contribution in [0.4, 0.5) is 0 Å². The summed E-state index contributed by atoms with van der Waals surface area (Å²) in [6.45, 7) is 0. The van der Waals surface area contributed by atoms with Crippen LogP contribution in [0.5, 0.6) is 0 Å². The number of nitrogens with two attached hydrogens (primary N) is 1. The number of rotatable bonds is 5. The Hall–Kier alpha value is -1.25. The van der Waals surface area contributed by atoms with Crippen molar-refractivity contribution in [2.24, 2.45) is 10.9 Å². The van der Waals surface area contributed by atoms with E-state index in [-0.39, 0.29) is 5.84 Å². The lowest BCUT2D eigenvalue weighted by molar-refractivity contribution is 0.318. The molecule has 0 bridgehead atoms. The molecule has 1 aromatic heterocycles. The summed E-state index contributed by atoms with van der Waals surface area (Å²) in [7, 11) is 0. The van der Waals surface area contributed by atoms with E-state index in [1.54, 1.807) is 34.9 Å². The predicted octanol–water partition coefficient (Wildman–Crippen LogP) is 2.65. The summed E-state index contributed by atoms with van der Waals surface area (Å²) in [4.78, 5) is 0. The van der Waals surface area contributed by atoms with Gasteiger partial charge in [-0.25, -0.2) is 0 Å². The third kappa shape index (κ3) is 3.62. The van der Waals surface area contributed by atoms with Crippen molar-refractivity contribution in [2.75, 3.05) is 6.26 Å². The number of amidine groups is 1. The van der Waals surface area contributed by atoms with E-state index in [9.17, 15) is 0 Å². The minimum atomic E-state index is 0.123. The molecule has 0 unspecified atom stereocenters. The van der Waals surface area contributed by atoms with Gasteiger partial charge in [0.25, 0.3) is 0 Å². The van der Waals surface area contributed by atoms with E-state index in [4.69, 9.17) is 10.9 Å². The number of aromatic nitrogens is 2. The Kier molecular flexibility index (Phi) is 5.06. The molecular weight excluding hydrogens is 300 g/mol. The van der Waals surface area contributed by atoms with Crippen LogP contribution in [0.2, 0.25) is 0 Å². The molecule has 2 rings (SSSR count). The van der Waals surface area contributed by atoms with E-state index >= 15 is 0 Å². The molecule has 1 heterocycles. The molecule has 0 fully saturated rings. The molecule has 19 heavy (non-hydrogen) atoms. The van der Waals surface area contributed by atoms with Crippen molar-refractivity contribution in [2.45, 2.75) is 14.4 Å². The number of nitrogens with zero attached hydrogens (tertiary/aromatic N) is 3. The van der Waals surface area contributed by atoms with Gasteiger partial charge >= 0.3 is 0 Å². The molecule has 0 radical (unpaired) electrons. The Morgan fingerprint density at radius 3 is 2.79 bits per heavy atom. The van der Waals surface area contributed by atoms with Crippen LogP contribution in [0.3, 0.4) is 0 Å². The monoisotopic (exact) mass is 312 g/mol. The van der Waals surface area contributed by atoms with Crippen molar-refractivity contribution in [3.05, 3.63) is 35.4 Å². The third-order valence-corrected chi connectivity index (χ3v) is 5.40. The number of hydrogen-bond acceptors (Lipinski definition) is 7. The maximum atomic E-state index is 8.77. The topological polar surface area (TPSA) is 84.4 Å². The molecule has 0 amide bonds. The maximum Gasteiger partial charge on any atom is 0.175 e. The molecular formula is C11H12N4OS3. The molecule has 8 heteroatoms. The Morgan fingerprint density at radius 1 is 1.37 bits per heavy atom. The predicted molar refractivity (Wildman–Crippen MR) is 80.2 cm³/mol. The van der Waals surface area contributed by atoms with Crippen molar-refractivity contribution >= 4 is 40.7 Å². The van der Waals surface area contributed by atoms with Crippen molar-refractivity contribution in [3.63, 3.8) is 0 Å². The van der Waals surface area contributed by atoms with Crippen molar-refractivity contribution in [1.82, 2.24) is 10.2 Å². The van der Waals surface area contributed by atoms with Crippen LogP contribution < -0.4 is 5.73 Å². The standard InChI is InChI=1S/C11H12N4OS3/c1-17-10-13-14-11(19-10)18-6-7-4-2-3-5-8(7)9(12)15-16/h2-5,16H,6H2,1H3,(H2,12,15). The number of hydrogen-bond donors (Lipinski definition) is 2. The second-order valence-corrected chi connectivity index (χ2v) is 6.72. The Labute approximate surface area is 123 Å². The number of benzene rings is 1. The normalized spacial score (nSPS) is 11.7. The molecule has 3 N–H and O–H groups in total. The summed E-state index contributed by atoms with van der Waals surface area (Å²) in [5.41, 5.74) is 7.40. The van der Waals surface area contributed by atoms with Crippen LogP contribution in [-0.2, 0) is 5.75 Å². The second-order valence-electron chi connectivity index (χ2n) is 3.47. The summed E-state index contributed by atoms with van der Waals surface area (Å²) in [6, 6.07) is 7.57. The fourth-order valence-electron chi connectivity index (χ4n) is 1.43. The second kappa shape index (κ2) is 6.78. The van der Waals surface area contributed by atoms with Crippen LogP contribution in [0.1, 0.15) is 11.1 Å². The molecule has 1 aromatic carbocycles. The van der Waals surface area contributed by atoms with Crippen LogP contribution in [0.15, 0.2) is 38.1 Å². The highest BCUT2D eigenvalue weighted by Gasteiger charge is 2.09. The third-order valence-electron chi connectivity index (χ3n) is 2.31. The quantitative estimate of drug-likeness (QED) is 0.290. The zero-order chi connectivity index (χ0) is 13.7. The fourth-order valence-corrected chi connectivity index (χ4v) is 3.87. The molecule has 0 atom stereocenters. The van der Waals surface area contributed by atoms with E-state index in [1.165, 1.54) is 0 Å². The lowest BCUT2D eigenvalue weighted by atomic mass is 10.1. The van der Waals surface area contributed by atoms with Gasteiger partial charge in [0.1, 0.15) is 0 Å². The smallest absolute Gasteiger partial charge is 0.175 e. The Bertz CT molecular complexity index is 585. The largest absolute Gasteiger partial charge is 0.409 e. The van der Waals surface area contributed by atoms with Crippen molar-refractivity contribution in [3.8, 4) is 0 Å². The van der Waals surface area contributed by atoms with E-state index < -0.39 is 0 Å². The van der Waals surface area contributed by atoms with E-state index in [1.807, 2.05) is 30.5 Å². The van der Waals surface area contributed by atoms with E-state index in [0.717, 1.165) is 19.8 Å². The summed E-state index contributed by atoms with van der Waals surface area (Å²) in [5, 5.41) is 20.0. The van der Waals surface area contributed by atoms with Gasteiger partial charge in [-0.05, 0) is 11.8 Å². The Balaban J connectivity index is 2.11. The minimum absolute atomic E-state index is 0.123. The van der Waals surface area contributed by atoms with Gasteiger partial charge in [0.15, 0.2) is 14.5 Å². The molecule has 5 nitrogen and oxygen atoms in total. The van der Waals surface area contributed by atoms with Crippen molar-refractivity contribution in [1.29, 1.82) is 0 Å². The molecule has 2 aromatic rings. The first-order valence-corrected chi connectivity index (χ1v) is 8.33. The summed E-state index contributed by atoms with van der Waals surface area (Å²) >= 11 is 4.74. The molecule has 100 valence electrons. The summed E-state index contributed by atoms with van der Waals surface area (Å²) in [5.74, 6) is 0.827. The van der Waals surface area contributed by atoms with Crippen LogP contribution in [-0.4, -0.2) is 27.5 Å². The van der Waals surface area contributed by atoms with Crippen LogP contribution in [0.25, 0.3) is 0 Å². The molecule has 0 saturated carbocycles. The molecule has 0 aliphatic carbocycles. The maximum absolute atomic E-state index is 8.77. The van der Waals surface area contributed by atoms with Crippen LogP contribution in [0, 0.1) is 0 Å². The average Bonchev–Trinajstić information content (AvgIpc) is 2.92. The molecule has 0 saturated heterocycles. The average molecular weight is 312 g/mol. The fraction of sp³-hybridized carbons (Fsp3) is 0.182. The first-order chi connectivity index (χ1) is 9.24. The lowest BCUT2D eigenvalue weighted by Crippen LogP contribution is -2.15. The minimum Gasteiger partial charge on any atom is -0.409 e. The lowest BCUT2D eigenvalue weighted by Gasteiger charge is -2.06. The van der Waals surface area contributed by atoms with Gasteiger partial charge in [-0.3, -0.25) is 0 Å². The van der Waals surface area contributed by atoms with E-state index in [0.29, 0.717) is 5.75 Å². The first kappa shape index (κ1) is 14.2. The highest BCUT2D eigenvalue weighted by atomic mass is 32.2. The zero-order valence-electron chi connectivity index (χ0n) is 10.1. The van der Waals surface area contributed by atoms with E-state index in [2.05, 4.69) is 15.4 Å². The number of oxime groups is 1. The van der Waals surface area contributed by atoms with Gasteiger partial charge in [0, 0.05) is 11.3 Å². The molecule has 0 spiro atoms. The molecule has 0 aliphatic rings. The molecule has 0 aliphatic heterocycles. The highest BCUT2D eigenvalue weighted by molar-refractivity contribution is 8.02. The van der Waals surface area contributed by atoms with Gasteiger partial charge in [-0.1, -0.05) is 64.3 Å². The zero-order valence-corrected chi connectivity index (χ0v) is 12.6. The van der Waals surface area contributed by atoms with Gasteiger partial charge in [-0.2, -0.15) is 0 Å². The summed E-state index contributed by atoms with van der Waals surface area (Å²) in [6.07, 6.45) is 1.97. The Morgan fingerprint density at radius 2 is 2.11 bits per heavy atom. The van der Waals surface area contributed by atoms with Crippen LogP contribution >= 0.6 is 34.9 Å². The van der Waals surface area contributed by atoms with Gasteiger partial charge in [0.05, 0.1) is 0 Å². The highest BCUT2D eigenvalue weighted by Crippen LogP contribution is 2.30. The summed E-state index contributed by atoms with van der Waals surface area (Å²) < 4.78 is 1.87.